The number of hydrogen-bond acceptors (Lipinski definition) is 6. The van der Waals surface area contributed by atoms with Gasteiger partial charge in [0, 0.05) is 50.6 Å². The average Bonchev–Trinajstić information content (AvgIpc) is 3.81. The lowest BCUT2D eigenvalue weighted by molar-refractivity contribution is -0.139. The monoisotopic (exact) mass is 688 g/mol. The number of aliphatic hydroxyl groups is 1. The van der Waals surface area contributed by atoms with Gasteiger partial charge in [-0.2, -0.15) is 0 Å². The topological polar surface area (TPSA) is 93.2 Å². The van der Waals surface area contributed by atoms with E-state index in [1.54, 1.807) is 4.90 Å². The molecule has 1 saturated carbocycles. The number of likely N-dealkylation sites (tertiary alicyclic amines) is 3. The van der Waals surface area contributed by atoms with Gasteiger partial charge in [0.25, 0.3) is 0 Å². The molecular weight excluding hydrogens is 636 g/mol. The van der Waals surface area contributed by atoms with Gasteiger partial charge in [0.15, 0.2) is 0 Å². The van der Waals surface area contributed by atoms with Crippen LogP contribution in [0.1, 0.15) is 80.9 Å². The molecule has 0 aromatic heterocycles. The maximum atomic E-state index is 14.8. The zero-order valence-corrected chi connectivity index (χ0v) is 29.7. The van der Waals surface area contributed by atoms with Crippen molar-refractivity contribution < 1.29 is 19.5 Å². The van der Waals surface area contributed by atoms with E-state index in [1.165, 1.54) is 32.1 Å². The molecule has 3 heterocycles. The number of benzene rings is 3. The van der Waals surface area contributed by atoms with E-state index < -0.39 is 23.7 Å². The van der Waals surface area contributed by atoms with Crippen molar-refractivity contribution in [2.45, 2.75) is 94.0 Å². The molecule has 0 bridgehead atoms. The molecule has 0 spiro atoms. The summed E-state index contributed by atoms with van der Waals surface area (Å²) < 4.78 is 0. The Labute approximate surface area is 302 Å². The summed E-state index contributed by atoms with van der Waals surface area (Å²) in [5, 5.41) is 14.3. The fourth-order valence-electron chi connectivity index (χ4n) is 9.51. The standard InChI is InChI=1S/C43H52N4O4/c48-31-33-23-25-46(41(33)42(51)44-28-32-14-13-24-45(29-32)37-21-11-4-12-22-37)39-26-38(49)30-47(39)40(50)27-43(34-15-5-1-6-16-34,35-17-7-2-8-18-35)36-19-9-3-10-20-36/h1-3,5-10,15-20,32,37-39,41,49H,4,11-14,21-30H2,(H,44,51)/t32-,38+,39-,41?/m0/s1. The molecule has 268 valence electrons. The minimum atomic E-state index is -0.812. The Kier molecular flexibility index (Phi) is 11.1. The quantitative estimate of drug-likeness (QED) is 0.221. The maximum absolute atomic E-state index is 14.8. The minimum absolute atomic E-state index is 0.110. The van der Waals surface area contributed by atoms with Crippen LogP contribution >= 0.6 is 0 Å². The zero-order valence-electron chi connectivity index (χ0n) is 29.7. The summed E-state index contributed by atoms with van der Waals surface area (Å²) in [5.41, 5.74) is 2.63. The Morgan fingerprint density at radius 2 is 1.39 bits per heavy atom. The number of carbonyl (C=O) groups is 2. The molecule has 4 atom stereocenters. The molecule has 3 aliphatic heterocycles. The lowest BCUT2D eigenvalue weighted by Crippen LogP contribution is -2.55. The largest absolute Gasteiger partial charge is 0.391 e. The van der Waals surface area contributed by atoms with Crippen molar-refractivity contribution in [3.63, 3.8) is 0 Å². The van der Waals surface area contributed by atoms with Crippen LogP contribution < -0.4 is 5.32 Å². The zero-order chi connectivity index (χ0) is 35.2. The number of aliphatic hydroxyl groups excluding tert-OH is 1. The van der Waals surface area contributed by atoms with E-state index in [-0.39, 0.29) is 24.8 Å². The highest BCUT2D eigenvalue weighted by Gasteiger charge is 2.48. The normalized spacial score (nSPS) is 25.1. The van der Waals surface area contributed by atoms with Crippen molar-refractivity contribution in [2.75, 3.05) is 32.7 Å². The first-order valence-corrected chi connectivity index (χ1v) is 19.1. The van der Waals surface area contributed by atoms with Gasteiger partial charge in [-0.1, -0.05) is 110 Å². The van der Waals surface area contributed by atoms with Crippen LogP contribution in [-0.2, 0) is 19.8 Å². The molecule has 4 aliphatic rings. The first-order valence-electron chi connectivity index (χ1n) is 19.1. The second-order valence-corrected chi connectivity index (χ2v) is 15.2. The van der Waals surface area contributed by atoms with E-state index in [9.17, 15) is 19.5 Å². The van der Waals surface area contributed by atoms with Gasteiger partial charge in [-0.15, -0.1) is 0 Å². The average molecular weight is 689 g/mol. The van der Waals surface area contributed by atoms with Gasteiger partial charge >= 0.3 is 0 Å². The van der Waals surface area contributed by atoms with Crippen molar-refractivity contribution in [1.29, 1.82) is 0 Å². The molecule has 1 unspecified atom stereocenters. The summed E-state index contributed by atoms with van der Waals surface area (Å²) in [5.74, 6) is 2.14. The number of amides is 2. The molecule has 2 amide bonds. The third-order valence-corrected chi connectivity index (χ3v) is 12.1. The molecule has 8 heteroatoms. The Balaban J connectivity index is 1.12. The highest BCUT2D eigenvalue weighted by Crippen LogP contribution is 2.43. The van der Waals surface area contributed by atoms with Crippen LogP contribution in [0.5, 0.6) is 0 Å². The van der Waals surface area contributed by atoms with E-state index in [0.717, 1.165) is 42.6 Å². The summed E-state index contributed by atoms with van der Waals surface area (Å²) in [4.78, 5) is 47.4. The van der Waals surface area contributed by atoms with Gasteiger partial charge in [0.2, 0.25) is 11.8 Å². The lowest BCUT2D eigenvalue weighted by Gasteiger charge is -2.40. The third kappa shape index (κ3) is 7.47. The highest BCUT2D eigenvalue weighted by atomic mass is 16.3. The van der Waals surface area contributed by atoms with Crippen molar-refractivity contribution in [1.82, 2.24) is 20.0 Å². The van der Waals surface area contributed by atoms with Gasteiger partial charge in [0.1, 0.15) is 12.0 Å². The molecule has 0 radical (unpaired) electrons. The Morgan fingerprint density at radius 3 is 1.98 bits per heavy atom. The van der Waals surface area contributed by atoms with E-state index in [4.69, 9.17) is 0 Å². The molecule has 3 saturated heterocycles. The summed E-state index contributed by atoms with van der Waals surface area (Å²) in [7, 11) is 0. The number of carbonyl (C=O) groups excluding carboxylic acids is 3. The minimum Gasteiger partial charge on any atom is -0.391 e. The van der Waals surface area contributed by atoms with E-state index in [2.05, 4.69) is 52.6 Å². The van der Waals surface area contributed by atoms with Gasteiger partial charge in [-0.05, 0) is 61.3 Å². The molecule has 3 aromatic carbocycles. The molecule has 8 nitrogen and oxygen atoms in total. The smallest absolute Gasteiger partial charge is 0.242 e. The molecule has 51 heavy (non-hydrogen) atoms. The maximum Gasteiger partial charge on any atom is 0.242 e. The Hall–Kier alpha value is -4.07. The predicted molar refractivity (Wildman–Crippen MR) is 198 cm³/mol. The van der Waals surface area contributed by atoms with Crippen LogP contribution in [0.2, 0.25) is 0 Å². The van der Waals surface area contributed by atoms with E-state index in [1.807, 2.05) is 59.5 Å². The predicted octanol–water partition coefficient (Wildman–Crippen LogP) is 5.32. The number of hydrogen-bond donors (Lipinski definition) is 2. The summed E-state index contributed by atoms with van der Waals surface area (Å²) in [6.45, 7) is 3.32. The fourth-order valence-corrected chi connectivity index (χ4v) is 9.51. The van der Waals surface area contributed by atoms with Crippen molar-refractivity contribution in [2.24, 2.45) is 5.92 Å². The lowest BCUT2D eigenvalue weighted by atomic mass is 9.67. The van der Waals surface area contributed by atoms with Crippen LogP contribution in [0.25, 0.3) is 0 Å². The van der Waals surface area contributed by atoms with Crippen LogP contribution in [0, 0.1) is 5.92 Å². The SMILES string of the molecule is O=C=C1CCN([C@@H]2C[C@@H](O)CN2C(=O)CC(c2ccccc2)(c2ccccc2)c2ccccc2)C1C(=O)NC[C@@H]1CCCN(C2CCCCC2)C1. The van der Waals surface area contributed by atoms with Crippen molar-refractivity contribution in [3.8, 4) is 0 Å². The van der Waals surface area contributed by atoms with Crippen LogP contribution in [0.4, 0.5) is 0 Å². The molecule has 3 aromatic rings. The summed E-state index contributed by atoms with van der Waals surface area (Å²) in [6, 6.07) is 30.3. The Bertz CT molecular complexity index is 1580. The summed E-state index contributed by atoms with van der Waals surface area (Å²) >= 11 is 0. The number of piperidine rings is 1. The van der Waals surface area contributed by atoms with Crippen molar-refractivity contribution >= 4 is 17.8 Å². The fraction of sp³-hybridized carbons (Fsp3) is 0.488. The van der Waals surface area contributed by atoms with Gasteiger partial charge in [0.05, 0.1) is 17.7 Å². The van der Waals surface area contributed by atoms with E-state index in [0.29, 0.717) is 43.5 Å². The molecule has 2 N–H and O–H groups in total. The van der Waals surface area contributed by atoms with Crippen molar-refractivity contribution in [3.05, 3.63) is 113 Å². The number of rotatable bonds is 10. The number of nitrogens with zero attached hydrogens (tertiary/aromatic N) is 3. The second-order valence-electron chi connectivity index (χ2n) is 15.2. The van der Waals surface area contributed by atoms with Gasteiger partial charge in [-0.3, -0.25) is 14.5 Å². The Morgan fingerprint density at radius 1 is 0.784 bits per heavy atom. The molecule has 1 aliphatic carbocycles. The van der Waals surface area contributed by atoms with Crippen LogP contribution in [0.15, 0.2) is 96.6 Å². The van der Waals surface area contributed by atoms with Gasteiger partial charge in [-0.25, -0.2) is 4.79 Å². The number of β-amino-alcohol motifs (C(OH)–C–C–N with tert-alkyl or cyclic N) is 1. The number of nitrogens with one attached hydrogen (secondary N) is 1. The van der Waals surface area contributed by atoms with Gasteiger partial charge < -0.3 is 20.2 Å². The summed E-state index contributed by atoms with van der Waals surface area (Å²) in [6.07, 6.45) is 8.32. The molecule has 7 rings (SSSR count). The second kappa shape index (κ2) is 16.1. The first kappa shape index (κ1) is 35.3. The third-order valence-electron chi connectivity index (χ3n) is 12.1. The first-order chi connectivity index (χ1) is 25.0. The van der Waals surface area contributed by atoms with E-state index >= 15 is 0 Å². The molecule has 4 fully saturated rings. The van der Waals surface area contributed by atoms with Crippen LogP contribution in [-0.4, -0.2) is 94.6 Å². The van der Waals surface area contributed by atoms with Crippen LogP contribution in [0.3, 0.4) is 0 Å². The molecular formula is C43H52N4O4. The highest BCUT2D eigenvalue weighted by molar-refractivity contribution is 5.88.